The third kappa shape index (κ3) is 4.61. The SMILES string of the molecule is CC(/C=C/c1ccc(Cl)cc1)=N\NC(N)=O. The number of nitrogens with zero attached hydrogens (tertiary/aromatic N) is 1. The maximum Gasteiger partial charge on any atom is 0.332 e. The van der Waals surface area contributed by atoms with Crippen LogP contribution in [0, 0.1) is 0 Å². The third-order valence-electron chi connectivity index (χ3n) is 1.73. The number of nitrogens with two attached hydrogens (primary N) is 1. The molecule has 0 atom stereocenters. The summed E-state index contributed by atoms with van der Waals surface area (Å²) in [4.78, 5) is 10.4. The van der Waals surface area contributed by atoms with Crippen molar-refractivity contribution in [2.45, 2.75) is 6.92 Å². The van der Waals surface area contributed by atoms with E-state index in [1.807, 2.05) is 18.2 Å². The highest BCUT2D eigenvalue weighted by Gasteiger charge is 1.90. The van der Waals surface area contributed by atoms with Gasteiger partial charge in [-0.15, -0.1) is 0 Å². The van der Waals surface area contributed by atoms with Crippen LogP contribution in [-0.4, -0.2) is 11.7 Å². The smallest absolute Gasteiger partial charge is 0.332 e. The topological polar surface area (TPSA) is 67.5 Å². The lowest BCUT2D eigenvalue weighted by atomic mass is 10.2. The molecule has 0 saturated heterocycles. The van der Waals surface area contributed by atoms with Crippen molar-refractivity contribution in [3.05, 3.63) is 40.9 Å². The van der Waals surface area contributed by atoms with Gasteiger partial charge < -0.3 is 5.73 Å². The third-order valence-corrected chi connectivity index (χ3v) is 1.98. The molecule has 0 spiro atoms. The van der Waals surface area contributed by atoms with Crippen molar-refractivity contribution < 1.29 is 4.79 Å². The average molecular weight is 238 g/mol. The van der Waals surface area contributed by atoms with E-state index in [0.29, 0.717) is 10.7 Å². The molecule has 1 aromatic rings. The Morgan fingerprint density at radius 2 is 2.06 bits per heavy atom. The van der Waals surface area contributed by atoms with Crippen LogP contribution >= 0.6 is 11.6 Å². The zero-order valence-corrected chi connectivity index (χ0v) is 9.53. The standard InChI is InChI=1S/C11H12ClN3O/c1-8(14-15-11(13)16)2-3-9-4-6-10(12)7-5-9/h2-7H,1H3,(H3,13,15,16)/b3-2+,14-8+. The van der Waals surface area contributed by atoms with Crippen LogP contribution in [0.1, 0.15) is 12.5 Å². The van der Waals surface area contributed by atoms with Crippen LogP contribution < -0.4 is 11.2 Å². The van der Waals surface area contributed by atoms with Gasteiger partial charge in [0.2, 0.25) is 0 Å². The lowest BCUT2D eigenvalue weighted by molar-refractivity contribution is 0.249. The predicted molar refractivity (Wildman–Crippen MR) is 66.3 cm³/mol. The second-order valence-electron chi connectivity index (χ2n) is 3.11. The fraction of sp³-hybridized carbons (Fsp3) is 0.0909. The van der Waals surface area contributed by atoms with Crippen molar-refractivity contribution in [1.82, 2.24) is 5.43 Å². The lowest BCUT2D eigenvalue weighted by Gasteiger charge is -1.95. The zero-order chi connectivity index (χ0) is 12.0. The number of carbonyl (C=O) groups excluding carboxylic acids is 1. The number of allylic oxidation sites excluding steroid dienone is 1. The number of hydrogen-bond donors (Lipinski definition) is 2. The number of halogens is 1. The number of carbonyl (C=O) groups is 1. The summed E-state index contributed by atoms with van der Waals surface area (Å²) >= 11 is 5.75. The van der Waals surface area contributed by atoms with Crippen molar-refractivity contribution in [1.29, 1.82) is 0 Å². The highest BCUT2D eigenvalue weighted by molar-refractivity contribution is 6.30. The summed E-state index contributed by atoms with van der Waals surface area (Å²) in [6, 6.07) is 6.69. The lowest BCUT2D eigenvalue weighted by Crippen LogP contribution is -2.25. The fourth-order valence-corrected chi connectivity index (χ4v) is 1.10. The Bertz CT molecular complexity index is 423. The Kier molecular flexibility index (Phi) is 4.54. The number of rotatable bonds is 3. The van der Waals surface area contributed by atoms with Crippen molar-refractivity contribution >= 4 is 29.4 Å². The number of hydrazone groups is 1. The van der Waals surface area contributed by atoms with Crippen molar-refractivity contribution in [3.63, 3.8) is 0 Å². The van der Waals surface area contributed by atoms with E-state index in [1.165, 1.54) is 0 Å². The molecule has 0 aliphatic carbocycles. The van der Waals surface area contributed by atoms with Crippen LogP contribution in [0.2, 0.25) is 5.02 Å². The molecule has 0 saturated carbocycles. The van der Waals surface area contributed by atoms with Crippen molar-refractivity contribution in [2.24, 2.45) is 10.8 Å². The molecule has 1 aromatic carbocycles. The predicted octanol–water partition coefficient (Wildman–Crippen LogP) is 2.40. The first kappa shape index (κ1) is 12.3. The quantitative estimate of drug-likeness (QED) is 0.615. The highest BCUT2D eigenvalue weighted by atomic mass is 35.5. The molecule has 2 amide bonds. The molecule has 0 heterocycles. The number of benzene rings is 1. The summed E-state index contributed by atoms with van der Waals surface area (Å²) in [6.07, 6.45) is 3.62. The molecule has 0 unspecified atom stereocenters. The van der Waals surface area contributed by atoms with E-state index in [2.05, 4.69) is 10.5 Å². The summed E-state index contributed by atoms with van der Waals surface area (Å²) in [6.45, 7) is 1.75. The summed E-state index contributed by atoms with van der Waals surface area (Å²) in [5, 5.41) is 4.43. The van der Waals surface area contributed by atoms with Crippen LogP contribution in [0.15, 0.2) is 35.4 Å². The minimum Gasteiger partial charge on any atom is -0.350 e. The van der Waals surface area contributed by atoms with Gasteiger partial charge in [-0.05, 0) is 30.7 Å². The fourth-order valence-electron chi connectivity index (χ4n) is 0.971. The minimum absolute atomic E-state index is 0.647. The molecule has 0 aliphatic rings. The Hall–Kier alpha value is -1.81. The van der Waals surface area contributed by atoms with Gasteiger partial charge in [0, 0.05) is 5.02 Å². The van der Waals surface area contributed by atoms with Gasteiger partial charge in [0.05, 0.1) is 5.71 Å². The Balaban J connectivity index is 2.62. The van der Waals surface area contributed by atoms with Crippen LogP contribution in [0.25, 0.3) is 6.08 Å². The molecule has 1 rings (SSSR count). The van der Waals surface area contributed by atoms with E-state index in [1.54, 1.807) is 25.1 Å². The average Bonchev–Trinajstić information content (AvgIpc) is 2.25. The number of primary amides is 1. The Morgan fingerprint density at radius 3 is 2.62 bits per heavy atom. The van der Waals surface area contributed by atoms with Crippen LogP contribution in [0.4, 0.5) is 4.79 Å². The van der Waals surface area contributed by atoms with Gasteiger partial charge in [-0.3, -0.25) is 0 Å². The molecular formula is C11H12ClN3O. The second-order valence-corrected chi connectivity index (χ2v) is 3.55. The van der Waals surface area contributed by atoms with E-state index < -0.39 is 6.03 Å². The van der Waals surface area contributed by atoms with Gasteiger partial charge in [0.1, 0.15) is 0 Å². The maximum atomic E-state index is 10.4. The number of nitrogens with one attached hydrogen (secondary N) is 1. The summed E-state index contributed by atoms with van der Waals surface area (Å²) in [5.41, 5.74) is 8.66. The normalized spacial score (nSPS) is 11.8. The van der Waals surface area contributed by atoms with Crippen LogP contribution in [0.5, 0.6) is 0 Å². The summed E-state index contributed by atoms with van der Waals surface area (Å²) in [5.74, 6) is 0. The molecule has 4 nitrogen and oxygen atoms in total. The Labute approximate surface area is 98.8 Å². The van der Waals surface area contributed by atoms with E-state index >= 15 is 0 Å². The zero-order valence-electron chi connectivity index (χ0n) is 8.77. The van der Waals surface area contributed by atoms with Gasteiger partial charge in [-0.25, -0.2) is 10.2 Å². The van der Waals surface area contributed by atoms with E-state index in [0.717, 1.165) is 5.56 Å². The van der Waals surface area contributed by atoms with Gasteiger partial charge in [0.25, 0.3) is 0 Å². The second kappa shape index (κ2) is 5.92. The molecule has 0 aromatic heterocycles. The first-order chi connectivity index (χ1) is 7.58. The van der Waals surface area contributed by atoms with Crippen LogP contribution in [-0.2, 0) is 0 Å². The van der Waals surface area contributed by atoms with Gasteiger partial charge in [-0.2, -0.15) is 5.10 Å². The molecule has 5 heteroatoms. The summed E-state index contributed by atoms with van der Waals surface area (Å²) in [7, 11) is 0. The summed E-state index contributed by atoms with van der Waals surface area (Å²) < 4.78 is 0. The minimum atomic E-state index is -0.681. The van der Waals surface area contributed by atoms with Gasteiger partial charge in [-0.1, -0.05) is 29.8 Å². The van der Waals surface area contributed by atoms with E-state index in [4.69, 9.17) is 17.3 Å². The molecular weight excluding hydrogens is 226 g/mol. The molecule has 0 fully saturated rings. The molecule has 3 N–H and O–H groups in total. The molecule has 0 bridgehead atoms. The van der Waals surface area contributed by atoms with Gasteiger partial charge >= 0.3 is 6.03 Å². The first-order valence-electron chi connectivity index (χ1n) is 4.61. The number of hydrogen-bond acceptors (Lipinski definition) is 2. The highest BCUT2D eigenvalue weighted by Crippen LogP contribution is 2.10. The number of urea groups is 1. The number of amides is 2. The van der Waals surface area contributed by atoms with Gasteiger partial charge in [0.15, 0.2) is 0 Å². The Morgan fingerprint density at radius 1 is 1.44 bits per heavy atom. The molecule has 84 valence electrons. The maximum absolute atomic E-state index is 10.4. The molecule has 16 heavy (non-hydrogen) atoms. The van der Waals surface area contributed by atoms with Crippen LogP contribution in [0.3, 0.4) is 0 Å². The van der Waals surface area contributed by atoms with Crippen molar-refractivity contribution in [2.75, 3.05) is 0 Å². The monoisotopic (exact) mass is 237 g/mol. The largest absolute Gasteiger partial charge is 0.350 e. The van der Waals surface area contributed by atoms with E-state index in [9.17, 15) is 4.79 Å². The first-order valence-corrected chi connectivity index (χ1v) is 4.99. The van der Waals surface area contributed by atoms with E-state index in [-0.39, 0.29) is 0 Å². The van der Waals surface area contributed by atoms with Crippen molar-refractivity contribution in [3.8, 4) is 0 Å². The molecule has 0 aliphatic heterocycles. The molecule has 0 radical (unpaired) electrons.